The lowest BCUT2D eigenvalue weighted by molar-refractivity contribution is -0.141. The number of carbonyl (C=O) groups is 2. The van der Waals surface area contributed by atoms with E-state index in [1.165, 1.54) is 0 Å². The van der Waals surface area contributed by atoms with Gasteiger partial charge in [-0.1, -0.05) is 91.0 Å². The summed E-state index contributed by atoms with van der Waals surface area (Å²) in [5.74, 6) is -0.261. The first-order valence-electron chi connectivity index (χ1n) is 11.3. The third-order valence-electron chi connectivity index (χ3n) is 5.77. The van der Waals surface area contributed by atoms with Crippen molar-refractivity contribution in [1.29, 1.82) is 0 Å². The van der Waals surface area contributed by atoms with Gasteiger partial charge in [-0.2, -0.15) is 0 Å². The molecule has 3 aromatic carbocycles. The van der Waals surface area contributed by atoms with Crippen molar-refractivity contribution >= 4 is 23.2 Å². The molecule has 1 heterocycles. The molecule has 0 aliphatic rings. The van der Waals surface area contributed by atoms with E-state index in [0.717, 1.165) is 27.1 Å². The minimum atomic E-state index is -0.738. The van der Waals surface area contributed by atoms with E-state index >= 15 is 0 Å². The Bertz CT molecular complexity index is 1210. The van der Waals surface area contributed by atoms with Crippen LogP contribution in [0.5, 0.6) is 0 Å². The summed E-state index contributed by atoms with van der Waals surface area (Å²) in [7, 11) is 0. The van der Waals surface area contributed by atoms with Gasteiger partial charge in [-0.3, -0.25) is 9.59 Å². The van der Waals surface area contributed by atoms with Gasteiger partial charge in [0.15, 0.2) is 0 Å². The summed E-state index contributed by atoms with van der Waals surface area (Å²) in [6.45, 7) is 2.74. The molecule has 0 fully saturated rings. The van der Waals surface area contributed by atoms with Crippen molar-refractivity contribution in [3.63, 3.8) is 0 Å². The van der Waals surface area contributed by atoms with Gasteiger partial charge in [-0.05, 0) is 40.6 Å². The Morgan fingerprint density at radius 3 is 2.12 bits per heavy atom. The van der Waals surface area contributed by atoms with Crippen molar-refractivity contribution in [3.05, 3.63) is 130 Å². The highest BCUT2D eigenvalue weighted by molar-refractivity contribution is 7.10. The highest BCUT2D eigenvalue weighted by Gasteiger charge is 2.32. The molecule has 0 saturated carbocycles. The van der Waals surface area contributed by atoms with E-state index in [1.807, 2.05) is 109 Å². The molecule has 34 heavy (non-hydrogen) atoms. The summed E-state index contributed by atoms with van der Waals surface area (Å²) >= 11 is 1.55. The van der Waals surface area contributed by atoms with Crippen molar-refractivity contribution in [2.45, 2.75) is 32.5 Å². The number of rotatable bonds is 9. The molecule has 5 heteroatoms. The normalized spacial score (nSPS) is 11.6. The van der Waals surface area contributed by atoms with Gasteiger partial charge in [-0.15, -0.1) is 11.3 Å². The summed E-state index contributed by atoms with van der Waals surface area (Å²) in [5.41, 5.74) is 3.81. The largest absolute Gasteiger partial charge is 0.350 e. The zero-order valence-electron chi connectivity index (χ0n) is 19.2. The van der Waals surface area contributed by atoms with Gasteiger partial charge in [0.05, 0.1) is 6.42 Å². The Morgan fingerprint density at radius 1 is 0.824 bits per heavy atom. The molecule has 1 aromatic heterocycles. The Kier molecular flexibility index (Phi) is 7.89. The molecule has 0 aliphatic heterocycles. The van der Waals surface area contributed by atoms with E-state index in [2.05, 4.69) is 5.32 Å². The first kappa shape index (κ1) is 23.5. The highest BCUT2D eigenvalue weighted by atomic mass is 32.1. The summed E-state index contributed by atoms with van der Waals surface area (Å²) in [4.78, 5) is 30.1. The topological polar surface area (TPSA) is 49.4 Å². The molecule has 172 valence electrons. The third kappa shape index (κ3) is 6.00. The zero-order valence-corrected chi connectivity index (χ0v) is 20.0. The number of hydrogen-bond acceptors (Lipinski definition) is 3. The maximum atomic E-state index is 13.7. The van der Waals surface area contributed by atoms with Gasteiger partial charge in [0, 0.05) is 18.0 Å². The minimum Gasteiger partial charge on any atom is -0.350 e. The van der Waals surface area contributed by atoms with Crippen LogP contribution in [0.3, 0.4) is 0 Å². The van der Waals surface area contributed by atoms with E-state index in [9.17, 15) is 9.59 Å². The highest BCUT2D eigenvalue weighted by Crippen LogP contribution is 2.28. The molecule has 0 saturated heterocycles. The second kappa shape index (κ2) is 11.4. The van der Waals surface area contributed by atoms with Crippen molar-refractivity contribution in [2.75, 3.05) is 0 Å². The van der Waals surface area contributed by atoms with Crippen LogP contribution in [0.25, 0.3) is 0 Å². The maximum Gasteiger partial charge on any atom is 0.247 e. The molecule has 1 N–H and O–H groups in total. The third-order valence-corrected chi connectivity index (χ3v) is 6.65. The van der Waals surface area contributed by atoms with Crippen LogP contribution in [0, 0.1) is 6.92 Å². The van der Waals surface area contributed by atoms with Crippen molar-refractivity contribution < 1.29 is 9.59 Å². The van der Waals surface area contributed by atoms with Crippen LogP contribution in [0.2, 0.25) is 0 Å². The first-order valence-corrected chi connectivity index (χ1v) is 12.2. The van der Waals surface area contributed by atoms with E-state index < -0.39 is 6.04 Å². The van der Waals surface area contributed by atoms with Crippen LogP contribution in [0.1, 0.15) is 33.2 Å². The van der Waals surface area contributed by atoms with Gasteiger partial charge in [0.1, 0.15) is 6.04 Å². The number of benzene rings is 3. The fraction of sp³-hybridized carbons (Fsp3) is 0.172. The van der Waals surface area contributed by atoms with E-state index in [1.54, 1.807) is 16.2 Å². The fourth-order valence-electron chi connectivity index (χ4n) is 3.99. The van der Waals surface area contributed by atoms with Gasteiger partial charge in [-0.25, -0.2) is 0 Å². The van der Waals surface area contributed by atoms with Crippen molar-refractivity contribution in [3.8, 4) is 0 Å². The Morgan fingerprint density at radius 2 is 1.47 bits per heavy atom. The predicted molar refractivity (Wildman–Crippen MR) is 137 cm³/mol. The van der Waals surface area contributed by atoms with Gasteiger partial charge in [0.2, 0.25) is 11.8 Å². The Labute approximate surface area is 204 Å². The number of nitrogens with zero attached hydrogens (tertiary/aromatic N) is 1. The summed E-state index contributed by atoms with van der Waals surface area (Å²) in [6.07, 6.45) is 0.263. The van der Waals surface area contributed by atoms with E-state index in [4.69, 9.17) is 0 Å². The smallest absolute Gasteiger partial charge is 0.247 e. The number of hydrogen-bond donors (Lipinski definition) is 1. The van der Waals surface area contributed by atoms with Gasteiger partial charge >= 0.3 is 0 Å². The molecule has 1 atom stereocenters. The van der Waals surface area contributed by atoms with Crippen LogP contribution in [-0.2, 0) is 29.1 Å². The maximum absolute atomic E-state index is 13.7. The van der Waals surface area contributed by atoms with Crippen LogP contribution in [0.4, 0.5) is 0 Å². The SMILES string of the molecule is Cc1ccccc1[C@H](C(=O)NCc1ccccc1)N(Cc1ccccc1)C(=O)Cc1cccs1. The summed E-state index contributed by atoms with van der Waals surface area (Å²) in [6, 6.07) is 30.6. The number of amides is 2. The Balaban J connectivity index is 1.69. The average molecular weight is 469 g/mol. The molecule has 4 rings (SSSR count). The van der Waals surface area contributed by atoms with Crippen LogP contribution >= 0.6 is 11.3 Å². The Hall–Kier alpha value is -3.70. The standard InChI is InChI=1S/C29H28N2O2S/c1-22-11-8-9-17-26(22)28(29(33)30-20-23-12-4-2-5-13-23)31(21-24-14-6-3-7-15-24)27(32)19-25-16-10-18-34-25/h2-18,28H,19-21H2,1H3,(H,30,33)/t28-/m1/s1. The second-order valence-corrected chi connectivity index (χ2v) is 9.26. The second-order valence-electron chi connectivity index (χ2n) is 8.23. The van der Waals surface area contributed by atoms with E-state index in [-0.39, 0.29) is 18.2 Å². The molecule has 4 nitrogen and oxygen atoms in total. The van der Waals surface area contributed by atoms with E-state index in [0.29, 0.717) is 13.1 Å². The lowest BCUT2D eigenvalue weighted by atomic mass is 9.97. The number of carbonyl (C=O) groups excluding carboxylic acids is 2. The molecule has 0 unspecified atom stereocenters. The fourth-order valence-corrected chi connectivity index (χ4v) is 4.69. The van der Waals surface area contributed by atoms with Crippen molar-refractivity contribution in [1.82, 2.24) is 10.2 Å². The summed E-state index contributed by atoms with van der Waals surface area (Å²) in [5, 5.41) is 5.04. The first-order chi connectivity index (χ1) is 16.6. The molecule has 0 bridgehead atoms. The molecular formula is C29H28N2O2S. The van der Waals surface area contributed by atoms with Crippen molar-refractivity contribution in [2.24, 2.45) is 0 Å². The van der Waals surface area contributed by atoms with Gasteiger partial charge < -0.3 is 10.2 Å². The molecule has 0 spiro atoms. The monoisotopic (exact) mass is 468 g/mol. The number of nitrogens with one attached hydrogen (secondary N) is 1. The molecule has 0 aliphatic carbocycles. The number of thiophene rings is 1. The average Bonchev–Trinajstić information content (AvgIpc) is 3.38. The minimum absolute atomic E-state index is 0.0746. The number of aryl methyl sites for hydroxylation is 1. The van der Waals surface area contributed by atoms with Crippen LogP contribution in [0.15, 0.2) is 102 Å². The van der Waals surface area contributed by atoms with Gasteiger partial charge in [0.25, 0.3) is 0 Å². The molecule has 2 amide bonds. The predicted octanol–water partition coefficient (Wildman–Crippen LogP) is 5.69. The summed E-state index contributed by atoms with van der Waals surface area (Å²) < 4.78 is 0. The lowest BCUT2D eigenvalue weighted by Gasteiger charge is -2.32. The van der Waals surface area contributed by atoms with Crippen LogP contribution < -0.4 is 5.32 Å². The molecule has 4 aromatic rings. The molecular weight excluding hydrogens is 440 g/mol. The quantitative estimate of drug-likeness (QED) is 0.343. The molecule has 0 radical (unpaired) electrons. The zero-order chi connectivity index (χ0) is 23.8. The lowest BCUT2D eigenvalue weighted by Crippen LogP contribution is -2.44. The van der Waals surface area contributed by atoms with Crippen LogP contribution in [-0.4, -0.2) is 16.7 Å².